The van der Waals surface area contributed by atoms with E-state index in [-0.39, 0.29) is 0 Å². The standard InChI is InChI=1S/C20H22ClN3OS/c1-25-24-20-14-17(21)8-10-19(20)22-11-4-12-23-26-18-9-7-15-5-2-3-6-16(15)13-18/h2-3,5-10,13-14,22-24H,4,11-12H2,1H3/p+1. The summed E-state index contributed by atoms with van der Waals surface area (Å²) in [5.74, 6) is 0. The zero-order valence-electron chi connectivity index (χ0n) is 14.7. The molecule has 26 heavy (non-hydrogen) atoms. The molecule has 3 aromatic carbocycles. The molecule has 3 aromatic rings. The van der Waals surface area contributed by atoms with Gasteiger partial charge in [-0.1, -0.05) is 41.9 Å². The fourth-order valence-corrected chi connectivity index (χ4v) is 3.58. The summed E-state index contributed by atoms with van der Waals surface area (Å²) in [6.45, 7) is 1.79. The lowest BCUT2D eigenvalue weighted by Crippen LogP contribution is -2.76. The SMILES string of the molecule is CO[NH2+]c1cc(Cl)ccc1NCCCNSc1ccc2ccccc2c1. The second-order valence-electron chi connectivity index (χ2n) is 5.87. The van der Waals surface area contributed by atoms with Crippen molar-refractivity contribution >= 4 is 45.7 Å². The second kappa shape index (κ2) is 9.80. The van der Waals surface area contributed by atoms with Crippen LogP contribution >= 0.6 is 23.5 Å². The summed E-state index contributed by atoms with van der Waals surface area (Å²) in [5, 5.41) is 6.67. The van der Waals surface area contributed by atoms with Gasteiger partial charge in [0.25, 0.3) is 0 Å². The zero-order valence-corrected chi connectivity index (χ0v) is 16.2. The topological polar surface area (TPSA) is 49.9 Å². The molecule has 0 unspecified atom stereocenters. The van der Waals surface area contributed by atoms with Gasteiger partial charge in [0.2, 0.25) is 0 Å². The van der Waals surface area contributed by atoms with E-state index in [0.717, 1.165) is 30.9 Å². The Morgan fingerprint density at radius 1 is 1.00 bits per heavy atom. The highest BCUT2D eigenvalue weighted by atomic mass is 35.5. The van der Waals surface area contributed by atoms with Crippen LogP contribution in [0.5, 0.6) is 0 Å². The number of halogens is 1. The Labute approximate surface area is 163 Å². The van der Waals surface area contributed by atoms with Gasteiger partial charge in [-0.15, -0.1) is 0 Å². The molecule has 0 aliphatic carbocycles. The predicted octanol–water partition coefficient (Wildman–Crippen LogP) is 4.35. The van der Waals surface area contributed by atoms with E-state index in [1.165, 1.54) is 15.7 Å². The van der Waals surface area contributed by atoms with Crippen molar-refractivity contribution in [3.05, 3.63) is 65.7 Å². The zero-order chi connectivity index (χ0) is 18.2. The number of benzene rings is 3. The lowest BCUT2D eigenvalue weighted by atomic mass is 10.1. The summed E-state index contributed by atoms with van der Waals surface area (Å²) >= 11 is 7.71. The average molecular weight is 389 g/mol. The van der Waals surface area contributed by atoms with Gasteiger partial charge in [0.15, 0.2) is 5.69 Å². The summed E-state index contributed by atoms with van der Waals surface area (Å²) < 4.78 is 3.42. The Morgan fingerprint density at radius 2 is 1.85 bits per heavy atom. The molecule has 136 valence electrons. The fourth-order valence-electron chi connectivity index (χ4n) is 2.67. The number of anilines is 1. The van der Waals surface area contributed by atoms with Crippen molar-refractivity contribution in [2.45, 2.75) is 11.3 Å². The largest absolute Gasteiger partial charge is 0.380 e. The molecule has 0 bridgehead atoms. The third-order valence-corrected chi connectivity index (χ3v) is 5.01. The van der Waals surface area contributed by atoms with E-state index < -0.39 is 0 Å². The van der Waals surface area contributed by atoms with Crippen LogP contribution in [0.2, 0.25) is 5.02 Å². The number of rotatable bonds is 9. The van der Waals surface area contributed by atoms with Crippen molar-refractivity contribution in [3.8, 4) is 0 Å². The molecule has 0 amide bonds. The van der Waals surface area contributed by atoms with E-state index in [9.17, 15) is 0 Å². The lowest BCUT2D eigenvalue weighted by Gasteiger charge is -2.10. The molecule has 3 rings (SSSR count). The quantitative estimate of drug-likeness (QED) is 0.221. The number of hydrogen-bond acceptors (Lipinski definition) is 4. The van der Waals surface area contributed by atoms with E-state index in [0.29, 0.717) is 5.02 Å². The van der Waals surface area contributed by atoms with Crippen molar-refractivity contribution in [1.29, 1.82) is 0 Å². The van der Waals surface area contributed by atoms with E-state index in [1.54, 1.807) is 24.5 Å². The van der Waals surface area contributed by atoms with Crippen LogP contribution in [0.1, 0.15) is 6.42 Å². The minimum atomic E-state index is 0.701. The van der Waals surface area contributed by atoms with Crippen molar-refractivity contribution in [1.82, 2.24) is 4.72 Å². The molecule has 0 aromatic heterocycles. The average Bonchev–Trinajstić information content (AvgIpc) is 2.66. The summed E-state index contributed by atoms with van der Waals surface area (Å²) in [7, 11) is 1.64. The number of nitrogens with one attached hydrogen (secondary N) is 2. The molecule has 0 aliphatic heterocycles. The molecule has 0 saturated carbocycles. The van der Waals surface area contributed by atoms with E-state index in [1.807, 2.05) is 18.2 Å². The summed E-state index contributed by atoms with van der Waals surface area (Å²) in [6, 6.07) is 20.7. The third-order valence-electron chi connectivity index (χ3n) is 3.94. The second-order valence-corrected chi connectivity index (χ2v) is 7.27. The number of nitrogens with two attached hydrogens (primary N) is 1. The van der Waals surface area contributed by atoms with Crippen molar-refractivity contribution in [2.24, 2.45) is 0 Å². The lowest BCUT2D eigenvalue weighted by molar-refractivity contribution is -0.829. The molecule has 0 fully saturated rings. The molecule has 0 atom stereocenters. The van der Waals surface area contributed by atoms with Crippen LogP contribution in [0.15, 0.2) is 65.6 Å². The first-order chi connectivity index (χ1) is 12.8. The normalized spacial score (nSPS) is 11.0. The first-order valence-corrected chi connectivity index (χ1v) is 9.73. The van der Waals surface area contributed by atoms with Crippen molar-refractivity contribution in [2.75, 3.05) is 25.5 Å². The molecule has 4 nitrogen and oxygen atoms in total. The molecule has 0 saturated heterocycles. The summed E-state index contributed by atoms with van der Waals surface area (Å²) in [4.78, 5) is 6.34. The van der Waals surface area contributed by atoms with Crippen LogP contribution < -0.4 is 15.5 Å². The molecule has 0 heterocycles. The molecular weight excluding hydrogens is 366 g/mol. The number of quaternary nitrogens is 1. The highest BCUT2D eigenvalue weighted by Gasteiger charge is 2.07. The van der Waals surface area contributed by atoms with Gasteiger partial charge in [0, 0.05) is 29.1 Å². The van der Waals surface area contributed by atoms with Crippen LogP contribution in [0.4, 0.5) is 11.4 Å². The van der Waals surface area contributed by atoms with Crippen LogP contribution in [0.25, 0.3) is 10.8 Å². The maximum absolute atomic E-state index is 6.03. The minimum absolute atomic E-state index is 0.701. The Balaban J connectivity index is 1.41. The maximum Gasteiger partial charge on any atom is 0.186 e. The van der Waals surface area contributed by atoms with Crippen LogP contribution in [-0.4, -0.2) is 20.2 Å². The van der Waals surface area contributed by atoms with Crippen molar-refractivity contribution in [3.63, 3.8) is 0 Å². The third kappa shape index (κ3) is 5.37. The van der Waals surface area contributed by atoms with E-state index >= 15 is 0 Å². The van der Waals surface area contributed by atoms with Gasteiger partial charge < -0.3 is 5.32 Å². The summed E-state index contributed by atoms with van der Waals surface area (Å²) in [6.07, 6.45) is 1.01. The molecule has 0 radical (unpaired) electrons. The Bertz CT molecular complexity index is 859. The monoisotopic (exact) mass is 388 g/mol. The Morgan fingerprint density at radius 3 is 2.69 bits per heavy atom. The van der Waals surface area contributed by atoms with Gasteiger partial charge in [-0.3, -0.25) is 4.72 Å². The van der Waals surface area contributed by atoms with Gasteiger partial charge >= 0.3 is 0 Å². The van der Waals surface area contributed by atoms with Crippen LogP contribution in [-0.2, 0) is 4.84 Å². The van der Waals surface area contributed by atoms with Gasteiger partial charge in [0.1, 0.15) is 0 Å². The molecule has 0 spiro atoms. The first kappa shape index (κ1) is 19.0. The van der Waals surface area contributed by atoms with Crippen LogP contribution in [0, 0.1) is 0 Å². The molecule has 6 heteroatoms. The first-order valence-electron chi connectivity index (χ1n) is 8.54. The van der Waals surface area contributed by atoms with Crippen LogP contribution in [0.3, 0.4) is 0 Å². The molecule has 0 aliphatic rings. The van der Waals surface area contributed by atoms with Gasteiger partial charge in [-0.05, 0) is 53.4 Å². The Kier molecular flexibility index (Phi) is 7.17. The van der Waals surface area contributed by atoms with E-state index in [2.05, 4.69) is 52.5 Å². The highest BCUT2D eigenvalue weighted by Crippen LogP contribution is 2.23. The number of hydrogen-bond donors (Lipinski definition) is 3. The number of fused-ring (bicyclic) bond motifs is 1. The van der Waals surface area contributed by atoms with Gasteiger partial charge in [-0.25, -0.2) is 4.84 Å². The maximum atomic E-state index is 6.03. The predicted molar refractivity (Wildman–Crippen MR) is 111 cm³/mol. The molecular formula is C20H23ClN3OS+. The minimum Gasteiger partial charge on any atom is -0.380 e. The highest BCUT2D eigenvalue weighted by molar-refractivity contribution is 7.97. The van der Waals surface area contributed by atoms with Gasteiger partial charge in [-0.2, -0.15) is 5.48 Å². The fraction of sp³-hybridized carbons (Fsp3) is 0.200. The van der Waals surface area contributed by atoms with E-state index in [4.69, 9.17) is 16.4 Å². The van der Waals surface area contributed by atoms with Gasteiger partial charge in [0.05, 0.1) is 12.8 Å². The molecule has 4 N–H and O–H groups in total. The Hall–Kier alpha value is -1.76. The smallest absolute Gasteiger partial charge is 0.186 e. The van der Waals surface area contributed by atoms with Crippen molar-refractivity contribution < 1.29 is 10.3 Å². The summed E-state index contributed by atoms with van der Waals surface area (Å²) in [5.41, 5.74) is 3.68.